The molecular formula is C41H48ClF4N10O6+. The number of likely N-dealkylation sites (tertiary alicyclic amines) is 1. The zero-order valence-electron chi connectivity index (χ0n) is 34.2. The van der Waals surface area contributed by atoms with E-state index in [2.05, 4.69) is 26.0 Å². The maximum atomic E-state index is 15.1. The van der Waals surface area contributed by atoms with Gasteiger partial charge in [-0.25, -0.2) is 18.9 Å². The third-order valence-electron chi connectivity index (χ3n) is 11.9. The number of carbonyl (C=O) groups is 4. The van der Waals surface area contributed by atoms with Gasteiger partial charge in [0.25, 0.3) is 11.8 Å². The van der Waals surface area contributed by atoms with Crippen molar-refractivity contribution in [1.82, 2.24) is 34.4 Å². The summed E-state index contributed by atoms with van der Waals surface area (Å²) in [5.41, 5.74) is -1.32. The highest BCUT2D eigenvalue weighted by Gasteiger charge is 2.43. The smallest absolute Gasteiger partial charge is 0.435 e. The first kappa shape index (κ1) is 44.5. The number of aliphatic carboxylic acids is 1. The van der Waals surface area contributed by atoms with Crippen LogP contribution in [-0.4, -0.2) is 148 Å². The zero-order valence-corrected chi connectivity index (χ0v) is 34.9. The molecule has 2 aromatic carbocycles. The van der Waals surface area contributed by atoms with E-state index in [-0.39, 0.29) is 70.8 Å². The summed E-state index contributed by atoms with van der Waals surface area (Å²) in [6, 6.07) is 8.22. The number of ether oxygens (including phenoxy) is 1. The molecule has 3 saturated heterocycles. The monoisotopic (exact) mass is 887 g/mol. The Labute approximate surface area is 359 Å². The quantitative estimate of drug-likeness (QED) is 0.0816. The summed E-state index contributed by atoms with van der Waals surface area (Å²) in [4.78, 5) is 59.6. The third kappa shape index (κ3) is 9.72. The van der Waals surface area contributed by atoms with Gasteiger partial charge in [0.05, 0.1) is 54.3 Å². The van der Waals surface area contributed by atoms with Crippen LogP contribution >= 0.6 is 11.6 Å². The van der Waals surface area contributed by atoms with Crippen molar-refractivity contribution in [2.45, 2.75) is 19.0 Å². The lowest BCUT2D eigenvalue weighted by Gasteiger charge is -2.46. The Hall–Kier alpha value is -5.57. The Bertz CT molecular complexity index is 2320. The first-order chi connectivity index (χ1) is 29.6. The van der Waals surface area contributed by atoms with Crippen molar-refractivity contribution in [1.29, 1.82) is 0 Å². The molecule has 0 unspecified atom stereocenters. The minimum atomic E-state index is -4.94. The number of piperazine rings is 1. The van der Waals surface area contributed by atoms with Gasteiger partial charge in [-0.15, -0.1) is 0 Å². The van der Waals surface area contributed by atoms with Crippen molar-refractivity contribution in [3.05, 3.63) is 76.7 Å². The molecule has 21 heteroatoms. The molecular weight excluding hydrogens is 840 g/mol. The number of rotatable bonds is 14. The first-order valence-electron chi connectivity index (χ1n) is 20.2. The number of halogens is 5. The van der Waals surface area contributed by atoms with Gasteiger partial charge in [-0.05, 0) is 36.4 Å². The zero-order chi connectivity index (χ0) is 44.3. The van der Waals surface area contributed by atoms with Crippen LogP contribution in [0.3, 0.4) is 0 Å². The number of hydrogen-bond acceptors (Lipinski definition) is 9. The summed E-state index contributed by atoms with van der Waals surface area (Å²) in [6.45, 7) is 5.89. The van der Waals surface area contributed by atoms with Crippen molar-refractivity contribution in [3.8, 4) is 16.9 Å². The number of carboxylic acids is 1. The van der Waals surface area contributed by atoms with Gasteiger partial charge in [-0.1, -0.05) is 11.6 Å². The summed E-state index contributed by atoms with van der Waals surface area (Å²) in [5.74, 6) is -2.77. The number of anilines is 2. The molecule has 3 aliphatic rings. The molecule has 0 bridgehead atoms. The molecule has 0 spiro atoms. The molecule has 0 saturated carbocycles. The Kier molecular flexibility index (Phi) is 13.2. The molecule has 4 aromatic rings. The molecule has 16 nitrogen and oxygen atoms in total. The molecule has 0 aliphatic carbocycles. The molecule has 62 heavy (non-hydrogen) atoms. The predicted molar refractivity (Wildman–Crippen MR) is 219 cm³/mol. The molecule has 4 N–H and O–H groups in total. The van der Waals surface area contributed by atoms with Crippen LogP contribution in [0.4, 0.5) is 28.9 Å². The van der Waals surface area contributed by atoms with E-state index in [0.29, 0.717) is 68.3 Å². The van der Waals surface area contributed by atoms with E-state index in [0.717, 1.165) is 47.3 Å². The number of hydrogen-bond donors (Lipinski definition) is 4. The van der Waals surface area contributed by atoms with Crippen molar-refractivity contribution >= 4 is 46.7 Å². The molecule has 5 heterocycles. The van der Waals surface area contributed by atoms with E-state index < -0.39 is 35.1 Å². The van der Waals surface area contributed by atoms with Crippen LogP contribution in [0.2, 0.25) is 5.02 Å². The highest BCUT2D eigenvalue weighted by molar-refractivity contribution is 6.34. The normalized spacial score (nSPS) is 19.6. The summed E-state index contributed by atoms with van der Waals surface area (Å²) in [7, 11) is 2.87. The average Bonchev–Trinajstić information content (AvgIpc) is 3.83. The molecule has 7 rings (SSSR count). The van der Waals surface area contributed by atoms with Gasteiger partial charge in [0.1, 0.15) is 5.69 Å². The number of carboxylic acid groups (broad SMARTS) is 1. The number of nitrogens with zero attached hydrogens (tertiary/aromatic N) is 7. The Balaban J connectivity index is 0.961. The fourth-order valence-corrected chi connectivity index (χ4v) is 8.72. The summed E-state index contributed by atoms with van der Waals surface area (Å²) in [5, 5.41) is 22.1. The highest BCUT2D eigenvalue weighted by atomic mass is 35.5. The standard InChI is InChI=1S/C41H47ClF4N10O6/c1-52-34(30-22-55(51-36(30)41(44,45)46)33-6-4-27(18-32(33)43)48-9-16-62-2)21-49-37(52)38(59)50-28-3-5-29(31(42)17-28)40(61)54-12-10-53(11-13-54)39(60)26-7-14-56(15-8-26,24-35(57)58)23-25-19-47-20-25/h3-6,17-18,21-22,25-26,47-48H,7-16,19-20,23-24H2,1-2H3,(H-,50,57,58,59,61)/p+1. The summed E-state index contributed by atoms with van der Waals surface area (Å²) >= 11 is 6.55. The van der Waals surface area contributed by atoms with Crippen LogP contribution in [0.15, 0.2) is 48.8 Å². The lowest BCUT2D eigenvalue weighted by molar-refractivity contribution is -0.929. The van der Waals surface area contributed by atoms with Crippen molar-refractivity contribution in [2.24, 2.45) is 18.9 Å². The summed E-state index contributed by atoms with van der Waals surface area (Å²) < 4.78 is 65.3. The number of alkyl halides is 3. The second kappa shape index (κ2) is 18.4. The topological polar surface area (TPSA) is 176 Å². The number of benzene rings is 2. The number of amides is 3. The van der Waals surface area contributed by atoms with Gasteiger partial charge >= 0.3 is 12.1 Å². The molecule has 0 atom stereocenters. The van der Waals surface area contributed by atoms with Crippen LogP contribution in [0, 0.1) is 17.7 Å². The van der Waals surface area contributed by atoms with Crippen LogP contribution in [-0.2, 0) is 27.5 Å². The van der Waals surface area contributed by atoms with Gasteiger partial charge in [-0.3, -0.25) is 14.4 Å². The Morgan fingerprint density at radius 2 is 1.71 bits per heavy atom. The molecule has 0 radical (unpaired) electrons. The number of quaternary nitrogens is 1. The fraction of sp³-hybridized carbons (Fsp3) is 0.463. The van der Waals surface area contributed by atoms with E-state index in [1.807, 2.05) is 0 Å². The van der Waals surface area contributed by atoms with Crippen LogP contribution in [0.25, 0.3) is 16.9 Å². The number of methoxy groups -OCH3 is 1. The van der Waals surface area contributed by atoms with Gasteiger partial charge in [-0.2, -0.15) is 18.3 Å². The Morgan fingerprint density at radius 3 is 2.32 bits per heavy atom. The third-order valence-corrected chi connectivity index (χ3v) is 12.2. The number of imidazole rings is 1. The molecule has 3 amide bonds. The molecule has 3 fully saturated rings. The second-order valence-corrected chi connectivity index (χ2v) is 16.4. The van der Waals surface area contributed by atoms with Crippen molar-refractivity contribution in [3.63, 3.8) is 0 Å². The van der Waals surface area contributed by atoms with Gasteiger partial charge < -0.3 is 44.6 Å². The van der Waals surface area contributed by atoms with E-state index in [9.17, 15) is 37.5 Å². The number of aromatic nitrogens is 4. The van der Waals surface area contributed by atoms with Gasteiger partial charge in [0, 0.05) is 102 Å². The lowest BCUT2D eigenvalue weighted by Crippen LogP contribution is -2.62. The minimum Gasteiger partial charge on any atom is -0.477 e. The van der Waals surface area contributed by atoms with E-state index >= 15 is 4.39 Å². The van der Waals surface area contributed by atoms with E-state index in [1.54, 1.807) is 9.80 Å². The van der Waals surface area contributed by atoms with E-state index in [1.165, 1.54) is 44.5 Å². The highest BCUT2D eigenvalue weighted by Crippen LogP contribution is 2.37. The predicted octanol–water partition coefficient (Wildman–Crippen LogP) is 4.21. The van der Waals surface area contributed by atoms with Crippen LogP contribution < -0.4 is 16.0 Å². The second-order valence-electron chi connectivity index (χ2n) is 16.0. The van der Waals surface area contributed by atoms with Gasteiger partial charge in [0.2, 0.25) is 5.91 Å². The average molecular weight is 888 g/mol. The maximum Gasteiger partial charge on any atom is 0.435 e. The number of carbonyl (C=O) groups excluding carboxylic acids is 3. The molecule has 2 aromatic heterocycles. The Morgan fingerprint density at radius 1 is 1.02 bits per heavy atom. The molecule has 3 aliphatic heterocycles. The van der Waals surface area contributed by atoms with Gasteiger partial charge in [0.15, 0.2) is 23.9 Å². The molecule has 332 valence electrons. The van der Waals surface area contributed by atoms with Crippen molar-refractivity contribution < 1.29 is 51.1 Å². The largest absolute Gasteiger partial charge is 0.477 e. The number of nitrogens with one attached hydrogen (secondary N) is 3. The SMILES string of the molecule is COCCNc1ccc(-n2cc(-c3cnc(C(=O)Nc4ccc(C(=O)N5CCN(C(=O)C6CC[N+](CC(=O)O)(CC7CNC7)CC6)CC5)c(Cl)c4)n3C)c(C(F)(F)F)n2)c(F)c1. The maximum absolute atomic E-state index is 15.1. The number of piperidine rings is 1. The minimum absolute atomic E-state index is 0.0214. The van der Waals surface area contributed by atoms with Crippen LogP contribution in [0.5, 0.6) is 0 Å². The van der Waals surface area contributed by atoms with Crippen LogP contribution in [0.1, 0.15) is 39.5 Å². The first-order valence-corrected chi connectivity index (χ1v) is 20.6. The fourth-order valence-electron chi connectivity index (χ4n) is 8.46. The van der Waals surface area contributed by atoms with Crippen molar-refractivity contribution in [2.75, 3.05) is 96.3 Å². The summed E-state index contributed by atoms with van der Waals surface area (Å²) in [6.07, 6.45) is -1.60. The lowest BCUT2D eigenvalue weighted by atomic mass is 9.90. The van der Waals surface area contributed by atoms with E-state index in [4.69, 9.17) is 16.3 Å².